The molecule has 0 saturated heterocycles. The zero-order chi connectivity index (χ0) is 33.2. The van der Waals surface area contributed by atoms with Crippen LogP contribution in [0.15, 0.2) is 73.3 Å². The van der Waals surface area contributed by atoms with E-state index >= 15 is 0 Å². The maximum absolute atomic E-state index is 2.63. The average molecular weight is 647 g/mol. The van der Waals surface area contributed by atoms with Gasteiger partial charge >= 0.3 is 0 Å². The first kappa shape index (κ1) is 32.4. The molecule has 0 aromatic heterocycles. The molecule has 0 unspecified atom stereocenters. The fraction of sp³-hybridized carbons (Fsp3) is 0.300. The molecule has 6 rings (SSSR count). The number of rotatable bonds is 5. The maximum Gasteiger partial charge on any atom is 0.175 e. The van der Waals surface area contributed by atoms with E-state index in [2.05, 4.69) is 175 Å². The highest BCUT2D eigenvalue weighted by Crippen LogP contribution is 2.81. The lowest BCUT2D eigenvalue weighted by Crippen LogP contribution is -2.25. The van der Waals surface area contributed by atoms with E-state index in [1.54, 1.807) is 0 Å². The fourth-order valence-corrected chi connectivity index (χ4v) is 15.5. The van der Waals surface area contributed by atoms with Crippen molar-refractivity contribution in [3.63, 3.8) is 0 Å². The summed E-state index contributed by atoms with van der Waals surface area (Å²) in [6.45, 7) is 27.0. The third-order valence-corrected chi connectivity index (χ3v) is 15.6. The summed E-state index contributed by atoms with van der Waals surface area (Å²) < 4.78 is 10.5. The van der Waals surface area contributed by atoms with Crippen LogP contribution in [0.5, 0.6) is 0 Å². The standard InChI is InChI=1S/C40H48N4P2/c1-25-17-29(5)37(30(6)18-25)41-13-14-42(38-31(7)19-26(2)20-32(38)8)45(41)46-43(39-33(9)21-27(3)22-34(39)10)15-16-44(46)40-35(11)23-28(4)24-36(40)12/h13-24H,1-12H3. The number of anilines is 4. The molecule has 0 aliphatic carbocycles. The van der Waals surface area contributed by atoms with Crippen LogP contribution < -0.4 is 18.7 Å². The van der Waals surface area contributed by atoms with Crippen molar-refractivity contribution in [1.29, 1.82) is 0 Å². The van der Waals surface area contributed by atoms with Gasteiger partial charge in [0.2, 0.25) is 0 Å². The van der Waals surface area contributed by atoms with Gasteiger partial charge < -0.3 is 18.7 Å². The van der Waals surface area contributed by atoms with E-state index in [-0.39, 0.29) is 0 Å². The molecule has 4 nitrogen and oxygen atoms in total. The van der Waals surface area contributed by atoms with E-state index in [1.807, 2.05) is 0 Å². The molecule has 0 radical (unpaired) electrons. The van der Waals surface area contributed by atoms with Gasteiger partial charge in [-0.3, -0.25) is 0 Å². The van der Waals surface area contributed by atoms with Gasteiger partial charge in [0, 0.05) is 24.8 Å². The lowest BCUT2D eigenvalue weighted by molar-refractivity contribution is 1.26. The first-order valence-electron chi connectivity index (χ1n) is 16.2. The molecule has 238 valence electrons. The van der Waals surface area contributed by atoms with Crippen LogP contribution in [0.4, 0.5) is 22.7 Å². The second kappa shape index (κ2) is 12.2. The number of aryl methyl sites for hydroxylation is 12. The van der Waals surface area contributed by atoms with Gasteiger partial charge in [0.05, 0.1) is 22.7 Å². The summed E-state index contributed by atoms with van der Waals surface area (Å²) in [5.41, 5.74) is 21.1. The predicted molar refractivity (Wildman–Crippen MR) is 205 cm³/mol. The maximum atomic E-state index is 2.63. The van der Waals surface area contributed by atoms with Gasteiger partial charge in [-0.2, -0.15) is 0 Å². The zero-order valence-electron chi connectivity index (χ0n) is 29.6. The Labute approximate surface area is 279 Å². The molecule has 4 aromatic rings. The molecular weight excluding hydrogens is 598 g/mol. The molecule has 2 heterocycles. The monoisotopic (exact) mass is 646 g/mol. The molecule has 0 fully saturated rings. The van der Waals surface area contributed by atoms with Crippen LogP contribution in [0.3, 0.4) is 0 Å². The number of nitrogens with zero attached hydrogens (tertiary/aromatic N) is 4. The van der Waals surface area contributed by atoms with Gasteiger partial charge in [-0.25, -0.2) is 0 Å². The van der Waals surface area contributed by atoms with Crippen molar-refractivity contribution in [1.82, 2.24) is 0 Å². The minimum Gasteiger partial charge on any atom is -0.301 e. The zero-order valence-corrected chi connectivity index (χ0v) is 31.4. The summed E-state index contributed by atoms with van der Waals surface area (Å²) in [4.78, 5) is 0. The van der Waals surface area contributed by atoms with Crippen molar-refractivity contribution in [3.05, 3.63) is 140 Å². The summed E-state index contributed by atoms with van der Waals surface area (Å²) in [6, 6.07) is 18.7. The Balaban J connectivity index is 1.65. The summed E-state index contributed by atoms with van der Waals surface area (Å²) in [5, 5.41) is 0. The second-order valence-electron chi connectivity index (χ2n) is 13.5. The van der Waals surface area contributed by atoms with Gasteiger partial charge in [-0.15, -0.1) is 0 Å². The molecule has 6 heteroatoms. The Morgan fingerprint density at radius 1 is 0.283 bits per heavy atom. The summed E-state index contributed by atoms with van der Waals surface area (Å²) in [7, 11) is -1.98. The largest absolute Gasteiger partial charge is 0.301 e. The highest BCUT2D eigenvalue weighted by molar-refractivity contribution is 8.32. The third-order valence-electron chi connectivity index (χ3n) is 9.09. The topological polar surface area (TPSA) is 13.0 Å². The van der Waals surface area contributed by atoms with Crippen LogP contribution in [-0.4, -0.2) is 0 Å². The molecule has 0 N–H and O–H groups in total. The highest BCUT2D eigenvalue weighted by Gasteiger charge is 2.47. The van der Waals surface area contributed by atoms with Crippen molar-refractivity contribution in [3.8, 4) is 0 Å². The summed E-state index contributed by atoms with van der Waals surface area (Å²) in [5.74, 6) is 0. The van der Waals surface area contributed by atoms with Crippen molar-refractivity contribution in [2.75, 3.05) is 18.7 Å². The lowest BCUT2D eigenvalue weighted by atomic mass is 10.1. The Hall–Kier alpha value is -3.58. The molecule has 2 aliphatic heterocycles. The van der Waals surface area contributed by atoms with Gasteiger partial charge in [-0.1, -0.05) is 70.8 Å². The average Bonchev–Trinajstić information content (AvgIpc) is 3.51. The quantitative estimate of drug-likeness (QED) is 0.200. The van der Waals surface area contributed by atoms with Crippen molar-refractivity contribution >= 4 is 38.6 Å². The molecule has 0 spiro atoms. The van der Waals surface area contributed by atoms with Crippen molar-refractivity contribution < 1.29 is 0 Å². The number of hydrogen-bond donors (Lipinski definition) is 0. The Morgan fingerprint density at radius 3 is 0.587 bits per heavy atom. The minimum absolute atomic E-state index is 0.991. The van der Waals surface area contributed by atoms with Gasteiger partial charge in [-0.05, 0) is 128 Å². The van der Waals surface area contributed by atoms with Crippen LogP contribution in [0.2, 0.25) is 0 Å². The summed E-state index contributed by atoms with van der Waals surface area (Å²) >= 11 is 0. The van der Waals surface area contributed by atoms with Crippen LogP contribution in [-0.2, 0) is 0 Å². The molecule has 0 bridgehead atoms. The molecule has 2 aliphatic rings. The van der Waals surface area contributed by atoms with Crippen LogP contribution in [0, 0.1) is 83.1 Å². The normalized spacial score (nSPS) is 15.3. The number of benzene rings is 4. The van der Waals surface area contributed by atoms with E-state index < -0.39 is 15.8 Å². The highest BCUT2D eigenvalue weighted by atomic mass is 32.1. The van der Waals surface area contributed by atoms with E-state index in [0.29, 0.717) is 0 Å². The lowest BCUT2D eigenvalue weighted by Gasteiger charge is -2.44. The Morgan fingerprint density at radius 2 is 0.435 bits per heavy atom. The van der Waals surface area contributed by atoms with Crippen LogP contribution in [0.25, 0.3) is 0 Å². The van der Waals surface area contributed by atoms with Gasteiger partial charge in [0.15, 0.2) is 15.8 Å². The third kappa shape index (κ3) is 5.55. The SMILES string of the molecule is Cc1cc(C)c(N2C=CN(c3c(C)cc(C)cc3C)P2P2N(c3c(C)cc(C)cc3C)C=CN2c2c(C)cc(C)cc2C)c(C)c1. The first-order chi connectivity index (χ1) is 21.8. The van der Waals surface area contributed by atoms with E-state index in [0.717, 1.165) is 0 Å². The van der Waals surface area contributed by atoms with Crippen LogP contribution in [0.1, 0.15) is 66.8 Å². The van der Waals surface area contributed by atoms with E-state index in [1.165, 1.54) is 89.5 Å². The van der Waals surface area contributed by atoms with Gasteiger partial charge in [0.25, 0.3) is 0 Å². The second-order valence-corrected chi connectivity index (χ2v) is 18.4. The van der Waals surface area contributed by atoms with E-state index in [9.17, 15) is 0 Å². The minimum atomic E-state index is -0.991. The smallest absolute Gasteiger partial charge is 0.175 e. The molecular formula is C40H48N4P2. The van der Waals surface area contributed by atoms with E-state index in [4.69, 9.17) is 0 Å². The molecule has 0 atom stereocenters. The van der Waals surface area contributed by atoms with Crippen LogP contribution >= 0.6 is 15.8 Å². The first-order valence-corrected chi connectivity index (χ1v) is 19.4. The Bertz CT molecular complexity index is 1560. The van der Waals surface area contributed by atoms with Crippen molar-refractivity contribution in [2.24, 2.45) is 0 Å². The van der Waals surface area contributed by atoms with Crippen molar-refractivity contribution in [2.45, 2.75) is 83.1 Å². The molecule has 0 amide bonds. The molecule has 4 aromatic carbocycles. The number of hydrogen-bond acceptors (Lipinski definition) is 4. The predicted octanol–water partition coefficient (Wildman–Crippen LogP) is 12.2. The molecule has 0 saturated carbocycles. The summed E-state index contributed by atoms with van der Waals surface area (Å²) in [6.07, 6.45) is 9.43. The van der Waals surface area contributed by atoms with Gasteiger partial charge in [0.1, 0.15) is 0 Å². The Kier molecular flexibility index (Phi) is 8.60. The fourth-order valence-electron chi connectivity index (χ4n) is 7.83. The molecule has 46 heavy (non-hydrogen) atoms.